The molecule has 1 heterocycles. The average molecular weight is 196 g/mol. The fraction of sp³-hybridized carbons (Fsp3) is 0.125. The van der Waals surface area contributed by atoms with E-state index < -0.39 is 0 Å². The standard InChI is InChI=1S/C8H8N2S2/c1-10-5-9-7-4-6(12-11)2-3-8(7)10/h2-5,11H,1H3. The minimum absolute atomic E-state index is 1.02. The number of aromatic nitrogens is 2. The summed E-state index contributed by atoms with van der Waals surface area (Å²) < 4.78 is 2.00. The van der Waals surface area contributed by atoms with Crippen LogP contribution in [0.2, 0.25) is 0 Å². The van der Waals surface area contributed by atoms with Crippen LogP contribution in [-0.2, 0) is 7.05 Å². The molecule has 2 nitrogen and oxygen atoms in total. The molecule has 62 valence electrons. The number of thiol groups is 1. The van der Waals surface area contributed by atoms with Crippen LogP contribution in [-0.4, -0.2) is 9.55 Å². The van der Waals surface area contributed by atoms with Gasteiger partial charge in [0, 0.05) is 11.9 Å². The molecular weight excluding hydrogens is 188 g/mol. The molecule has 0 spiro atoms. The Bertz CT molecular complexity index is 408. The lowest BCUT2D eigenvalue weighted by molar-refractivity contribution is 0.947. The van der Waals surface area contributed by atoms with Crippen LogP contribution in [0.15, 0.2) is 29.4 Å². The van der Waals surface area contributed by atoms with Crippen molar-refractivity contribution in [2.24, 2.45) is 7.05 Å². The molecule has 0 aliphatic rings. The number of rotatable bonds is 1. The van der Waals surface area contributed by atoms with E-state index in [1.54, 1.807) is 0 Å². The van der Waals surface area contributed by atoms with Crippen molar-refractivity contribution < 1.29 is 0 Å². The largest absolute Gasteiger partial charge is 0.334 e. The van der Waals surface area contributed by atoms with E-state index in [-0.39, 0.29) is 0 Å². The lowest BCUT2D eigenvalue weighted by atomic mass is 10.3. The quantitative estimate of drug-likeness (QED) is 0.558. The fourth-order valence-electron chi connectivity index (χ4n) is 1.17. The van der Waals surface area contributed by atoms with Crippen molar-refractivity contribution >= 4 is 33.5 Å². The molecule has 1 aromatic carbocycles. The zero-order valence-electron chi connectivity index (χ0n) is 6.56. The highest BCUT2D eigenvalue weighted by Crippen LogP contribution is 2.24. The van der Waals surface area contributed by atoms with Gasteiger partial charge in [0.05, 0.1) is 17.4 Å². The van der Waals surface area contributed by atoms with E-state index in [0.717, 1.165) is 15.9 Å². The summed E-state index contributed by atoms with van der Waals surface area (Å²) in [6.45, 7) is 0. The van der Waals surface area contributed by atoms with Crippen LogP contribution in [0.1, 0.15) is 0 Å². The van der Waals surface area contributed by atoms with E-state index in [1.807, 2.05) is 30.1 Å². The van der Waals surface area contributed by atoms with E-state index in [0.29, 0.717) is 0 Å². The summed E-state index contributed by atoms with van der Waals surface area (Å²) >= 11 is 4.12. The first kappa shape index (κ1) is 8.01. The number of aryl methyl sites for hydroxylation is 1. The maximum absolute atomic E-state index is 4.24. The first-order valence-corrected chi connectivity index (χ1v) is 5.40. The minimum atomic E-state index is 1.02. The number of imidazole rings is 1. The van der Waals surface area contributed by atoms with Crippen molar-refractivity contribution in [3.63, 3.8) is 0 Å². The predicted molar refractivity (Wildman–Crippen MR) is 55.6 cm³/mol. The van der Waals surface area contributed by atoms with E-state index in [9.17, 15) is 0 Å². The molecular formula is C8H8N2S2. The number of nitrogens with zero attached hydrogens (tertiary/aromatic N) is 2. The van der Waals surface area contributed by atoms with Crippen LogP contribution < -0.4 is 0 Å². The molecule has 0 N–H and O–H groups in total. The highest BCUT2D eigenvalue weighted by atomic mass is 33.1. The SMILES string of the molecule is Cn1cnc2cc(SS)ccc21. The Morgan fingerprint density at radius 2 is 2.33 bits per heavy atom. The van der Waals surface area contributed by atoms with Crippen LogP contribution in [0.5, 0.6) is 0 Å². The Morgan fingerprint density at radius 1 is 1.50 bits per heavy atom. The van der Waals surface area contributed by atoms with E-state index in [1.165, 1.54) is 10.8 Å². The molecule has 0 amide bonds. The molecule has 0 bridgehead atoms. The van der Waals surface area contributed by atoms with Crippen molar-refractivity contribution in [1.29, 1.82) is 0 Å². The second-order valence-electron chi connectivity index (χ2n) is 2.60. The topological polar surface area (TPSA) is 17.8 Å². The Morgan fingerprint density at radius 3 is 3.08 bits per heavy atom. The van der Waals surface area contributed by atoms with Gasteiger partial charge < -0.3 is 4.57 Å². The van der Waals surface area contributed by atoms with Crippen molar-refractivity contribution in [3.05, 3.63) is 24.5 Å². The van der Waals surface area contributed by atoms with Gasteiger partial charge in [0.15, 0.2) is 0 Å². The summed E-state index contributed by atoms with van der Waals surface area (Å²) in [7, 11) is 3.43. The molecule has 0 unspecified atom stereocenters. The fourth-order valence-corrected chi connectivity index (χ4v) is 1.81. The Hall–Kier alpha value is -0.610. The summed E-state index contributed by atoms with van der Waals surface area (Å²) in [5.41, 5.74) is 2.18. The maximum Gasteiger partial charge on any atom is 0.0955 e. The van der Waals surface area contributed by atoms with Crippen LogP contribution in [0.3, 0.4) is 0 Å². The first-order valence-electron chi connectivity index (χ1n) is 3.54. The summed E-state index contributed by atoms with van der Waals surface area (Å²) in [5.74, 6) is 0. The lowest BCUT2D eigenvalue weighted by Crippen LogP contribution is -1.82. The van der Waals surface area contributed by atoms with Gasteiger partial charge in [0.1, 0.15) is 0 Å². The summed E-state index contributed by atoms with van der Waals surface area (Å²) in [4.78, 5) is 5.37. The Labute approximate surface area is 79.8 Å². The van der Waals surface area contributed by atoms with E-state index >= 15 is 0 Å². The van der Waals surface area contributed by atoms with Crippen LogP contribution >= 0.6 is 22.5 Å². The third-order valence-electron chi connectivity index (χ3n) is 1.80. The lowest BCUT2D eigenvalue weighted by Gasteiger charge is -1.95. The molecule has 0 saturated carbocycles. The van der Waals surface area contributed by atoms with Crippen molar-refractivity contribution in [2.75, 3.05) is 0 Å². The normalized spacial score (nSPS) is 10.8. The summed E-state index contributed by atoms with van der Waals surface area (Å²) in [5, 5.41) is 0. The van der Waals surface area contributed by atoms with Gasteiger partial charge in [0.25, 0.3) is 0 Å². The molecule has 12 heavy (non-hydrogen) atoms. The predicted octanol–water partition coefficient (Wildman–Crippen LogP) is 2.51. The molecule has 1 aromatic heterocycles. The second-order valence-corrected chi connectivity index (χ2v) is 3.80. The number of hydrogen-bond acceptors (Lipinski definition) is 3. The van der Waals surface area contributed by atoms with Gasteiger partial charge >= 0.3 is 0 Å². The second kappa shape index (κ2) is 3.03. The molecule has 0 aliphatic heterocycles. The van der Waals surface area contributed by atoms with Gasteiger partial charge in [-0.05, 0) is 18.2 Å². The molecule has 0 atom stereocenters. The van der Waals surface area contributed by atoms with Crippen LogP contribution in [0, 0.1) is 0 Å². The van der Waals surface area contributed by atoms with Gasteiger partial charge in [-0.2, -0.15) is 0 Å². The van der Waals surface area contributed by atoms with Gasteiger partial charge in [0.2, 0.25) is 0 Å². The molecule has 0 fully saturated rings. The highest BCUT2D eigenvalue weighted by molar-refractivity contribution is 8.68. The molecule has 4 heteroatoms. The minimum Gasteiger partial charge on any atom is -0.334 e. The van der Waals surface area contributed by atoms with Gasteiger partial charge in [-0.25, -0.2) is 4.98 Å². The van der Waals surface area contributed by atoms with Crippen molar-refractivity contribution in [3.8, 4) is 0 Å². The number of fused-ring (bicyclic) bond motifs is 1. The Kier molecular flexibility index (Phi) is 2.02. The maximum atomic E-state index is 4.24. The van der Waals surface area contributed by atoms with Crippen LogP contribution in [0.4, 0.5) is 0 Å². The van der Waals surface area contributed by atoms with Crippen molar-refractivity contribution in [1.82, 2.24) is 9.55 Å². The van der Waals surface area contributed by atoms with Crippen LogP contribution in [0.25, 0.3) is 11.0 Å². The summed E-state index contributed by atoms with van der Waals surface area (Å²) in [6.07, 6.45) is 1.82. The molecule has 0 radical (unpaired) electrons. The van der Waals surface area contributed by atoms with E-state index in [2.05, 4.69) is 22.7 Å². The van der Waals surface area contributed by atoms with Gasteiger partial charge in [-0.3, -0.25) is 0 Å². The van der Waals surface area contributed by atoms with E-state index in [4.69, 9.17) is 0 Å². The molecule has 0 saturated heterocycles. The van der Waals surface area contributed by atoms with Crippen molar-refractivity contribution in [2.45, 2.75) is 4.90 Å². The monoisotopic (exact) mass is 196 g/mol. The summed E-state index contributed by atoms with van der Waals surface area (Å²) in [6, 6.07) is 6.13. The third-order valence-corrected chi connectivity index (χ3v) is 2.90. The Balaban J connectivity index is 2.69. The average Bonchev–Trinajstić information content (AvgIpc) is 2.47. The molecule has 0 aliphatic carbocycles. The zero-order chi connectivity index (χ0) is 8.55. The van der Waals surface area contributed by atoms with Gasteiger partial charge in [-0.1, -0.05) is 10.8 Å². The highest BCUT2D eigenvalue weighted by Gasteiger charge is 1.99. The smallest absolute Gasteiger partial charge is 0.0955 e. The third kappa shape index (κ3) is 1.21. The zero-order valence-corrected chi connectivity index (χ0v) is 8.27. The number of benzene rings is 1. The molecule has 2 aromatic rings. The molecule has 2 rings (SSSR count). The first-order chi connectivity index (χ1) is 5.81. The van der Waals surface area contributed by atoms with Gasteiger partial charge in [-0.15, -0.1) is 11.7 Å². The number of hydrogen-bond donors (Lipinski definition) is 1.